The van der Waals surface area contributed by atoms with Gasteiger partial charge in [0, 0.05) is 6.42 Å². The highest BCUT2D eigenvalue weighted by molar-refractivity contribution is 5.82. The molecule has 0 radical (unpaired) electrons. The summed E-state index contributed by atoms with van der Waals surface area (Å²) in [7, 11) is 0. The van der Waals surface area contributed by atoms with Crippen molar-refractivity contribution in [3.8, 4) is 0 Å². The van der Waals surface area contributed by atoms with E-state index in [1.807, 2.05) is 18.2 Å². The van der Waals surface area contributed by atoms with Crippen molar-refractivity contribution >= 4 is 5.84 Å². The van der Waals surface area contributed by atoms with Crippen LogP contribution in [0.2, 0.25) is 0 Å². The number of aliphatic imine (C=N–C) groups is 1. The molecule has 1 aliphatic carbocycles. The number of nitrogens with two attached hydrogens (primary N) is 1. The van der Waals surface area contributed by atoms with Gasteiger partial charge in [0.2, 0.25) is 0 Å². The van der Waals surface area contributed by atoms with Gasteiger partial charge < -0.3 is 5.73 Å². The van der Waals surface area contributed by atoms with Crippen molar-refractivity contribution in [2.75, 3.05) is 0 Å². The van der Waals surface area contributed by atoms with Gasteiger partial charge in [0.15, 0.2) is 0 Å². The second-order valence-electron chi connectivity index (χ2n) is 4.57. The van der Waals surface area contributed by atoms with Gasteiger partial charge in [0.25, 0.3) is 0 Å². The first-order valence-electron chi connectivity index (χ1n) is 6.20. The summed E-state index contributed by atoms with van der Waals surface area (Å²) in [4.78, 5) is 4.63. The Balaban J connectivity index is 1.91. The minimum Gasteiger partial charge on any atom is -0.387 e. The summed E-state index contributed by atoms with van der Waals surface area (Å²) in [6, 6.07) is 10.8. The van der Waals surface area contributed by atoms with Crippen LogP contribution in [0.3, 0.4) is 0 Å². The van der Waals surface area contributed by atoms with E-state index in [2.05, 4.69) is 17.1 Å². The van der Waals surface area contributed by atoms with Crippen molar-refractivity contribution in [3.63, 3.8) is 0 Å². The van der Waals surface area contributed by atoms with Crippen molar-refractivity contribution in [1.82, 2.24) is 0 Å². The minimum absolute atomic E-state index is 0.484. The van der Waals surface area contributed by atoms with Crippen molar-refractivity contribution < 1.29 is 0 Å². The van der Waals surface area contributed by atoms with Gasteiger partial charge in [0.1, 0.15) is 0 Å². The van der Waals surface area contributed by atoms with E-state index < -0.39 is 0 Å². The lowest BCUT2D eigenvalue weighted by Gasteiger charge is -2.18. The van der Waals surface area contributed by atoms with E-state index >= 15 is 0 Å². The first-order chi connectivity index (χ1) is 7.84. The summed E-state index contributed by atoms with van der Waals surface area (Å²) in [6.07, 6.45) is 7.21. The average Bonchev–Trinajstić information content (AvgIpc) is 2.31. The third-order valence-electron chi connectivity index (χ3n) is 3.15. The standard InChI is InChI=1S/C14H20N2/c15-14(11-12-7-3-1-4-8-12)16-13-9-5-2-6-10-13/h1,3-4,7-8,13H,2,5-6,9-11H2,(H2,15,16). The maximum Gasteiger partial charge on any atom is 0.0984 e. The smallest absolute Gasteiger partial charge is 0.0984 e. The number of rotatable bonds is 3. The van der Waals surface area contributed by atoms with E-state index in [1.54, 1.807) is 0 Å². The third kappa shape index (κ3) is 3.37. The molecule has 0 amide bonds. The number of hydrogen-bond donors (Lipinski definition) is 1. The molecule has 1 aliphatic rings. The van der Waals surface area contributed by atoms with Crippen molar-refractivity contribution in [3.05, 3.63) is 35.9 Å². The number of hydrogen-bond acceptors (Lipinski definition) is 1. The highest BCUT2D eigenvalue weighted by Gasteiger charge is 2.12. The number of nitrogens with zero attached hydrogens (tertiary/aromatic N) is 1. The summed E-state index contributed by atoms with van der Waals surface area (Å²) < 4.78 is 0. The molecular weight excluding hydrogens is 196 g/mol. The lowest BCUT2D eigenvalue weighted by molar-refractivity contribution is 0.443. The van der Waals surface area contributed by atoms with Crippen LogP contribution in [0.4, 0.5) is 0 Å². The van der Waals surface area contributed by atoms with Crippen LogP contribution in [0.5, 0.6) is 0 Å². The van der Waals surface area contributed by atoms with Crippen LogP contribution in [-0.4, -0.2) is 11.9 Å². The molecule has 0 atom stereocenters. The molecule has 1 fully saturated rings. The van der Waals surface area contributed by atoms with Gasteiger partial charge in [-0.15, -0.1) is 0 Å². The molecular formula is C14H20N2. The van der Waals surface area contributed by atoms with Gasteiger partial charge in [-0.2, -0.15) is 0 Å². The summed E-state index contributed by atoms with van der Waals surface area (Å²) in [6.45, 7) is 0. The molecule has 0 unspecified atom stereocenters. The first kappa shape index (κ1) is 11.2. The fourth-order valence-corrected chi connectivity index (χ4v) is 2.30. The molecule has 2 nitrogen and oxygen atoms in total. The maximum absolute atomic E-state index is 5.99. The third-order valence-corrected chi connectivity index (χ3v) is 3.15. The highest BCUT2D eigenvalue weighted by Crippen LogP contribution is 2.20. The van der Waals surface area contributed by atoms with Crippen molar-refractivity contribution in [1.29, 1.82) is 0 Å². The molecule has 0 aliphatic heterocycles. The summed E-state index contributed by atoms with van der Waals surface area (Å²) in [5.74, 6) is 0.790. The van der Waals surface area contributed by atoms with Gasteiger partial charge in [-0.3, -0.25) is 4.99 Å². The van der Waals surface area contributed by atoms with Crippen LogP contribution in [0.1, 0.15) is 37.7 Å². The topological polar surface area (TPSA) is 38.4 Å². The average molecular weight is 216 g/mol. The van der Waals surface area contributed by atoms with Crippen LogP contribution < -0.4 is 5.73 Å². The quantitative estimate of drug-likeness (QED) is 0.612. The molecule has 1 aromatic carbocycles. The molecule has 16 heavy (non-hydrogen) atoms. The van der Waals surface area contributed by atoms with E-state index in [-0.39, 0.29) is 0 Å². The maximum atomic E-state index is 5.99. The molecule has 2 rings (SSSR count). The fourth-order valence-electron chi connectivity index (χ4n) is 2.30. The molecule has 86 valence electrons. The highest BCUT2D eigenvalue weighted by atomic mass is 14.9. The van der Waals surface area contributed by atoms with Crippen molar-refractivity contribution in [2.24, 2.45) is 10.7 Å². The fraction of sp³-hybridized carbons (Fsp3) is 0.500. The van der Waals surface area contributed by atoms with Gasteiger partial charge in [-0.05, 0) is 18.4 Å². The van der Waals surface area contributed by atoms with Gasteiger partial charge in [-0.1, -0.05) is 49.6 Å². The van der Waals surface area contributed by atoms with E-state index in [0.717, 1.165) is 12.3 Å². The van der Waals surface area contributed by atoms with Crippen molar-refractivity contribution in [2.45, 2.75) is 44.6 Å². The molecule has 0 heterocycles. The van der Waals surface area contributed by atoms with E-state index in [9.17, 15) is 0 Å². The van der Waals surface area contributed by atoms with E-state index in [4.69, 9.17) is 5.73 Å². The van der Waals surface area contributed by atoms with Crippen LogP contribution in [0.15, 0.2) is 35.3 Å². The Morgan fingerprint density at radius 2 is 1.81 bits per heavy atom. The zero-order chi connectivity index (χ0) is 11.2. The zero-order valence-corrected chi connectivity index (χ0v) is 9.73. The largest absolute Gasteiger partial charge is 0.387 e. The Hall–Kier alpha value is -1.31. The summed E-state index contributed by atoms with van der Waals surface area (Å²) in [5.41, 5.74) is 7.24. The van der Waals surface area contributed by atoms with Gasteiger partial charge in [0.05, 0.1) is 11.9 Å². The van der Waals surface area contributed by atoms with E-state index in [0.29, 0.717) is 6.04 Å². The zero-order valence-electron chi connectivity index (χ0n) is 9.73. The summed E-state index contributed by atoms with van der Waals surface area (Å²) >= 11 is 0. The predicted molar refractivity (Wildman–Crippen MR) is 68.6 cm³/mol. The number of benzene rings is 1. The Labute approximate surface area is 97.6 Å². The Morgan fingerprint density at radius 1 is 1.12 bits per heavy atom. The predicted octanol–water partition coefficient (Wildman–Crippen LogP) is 2.92. The van der Waals surface area contributed by atoms with Crippen LogP contribution in [0, 0.1) is 0 Å². The Kier molecular flexibility index (Phi) is 3.97. The second-order valence-corrected chi connectivity index (χ2v) is 4.57. The SMILES string of the molecule is NC(Cc1ccccc1)=NC1CCCCC1. The molecule has 0 saturated heterocycles. The molecule has 0 aromatic heterocycles. The molecule has 1 saturated carbocycles. The second kappa shape index (κ2) is 5.69. The monoisotopic (exact) mass is 216 g/mol. The minimum atomic E-state index is 0.484. The van der Waals surface area contributed by atoms with E-state index in [1.165, 1.54) is 37.7 Å². The van der Waals surface area contributed by atoms with Crippen LogP contribution >= 0.6 is 0 Å². The van der Waals surface area contributed by atoms with Crippen LogP contribution in [0.25, 0.3) is 0 Å². The van der Waals surface area contributed by atoms with Gasteiger partial charge in [-0.25, -0.2) is 0 Å². The first-order valence-corrected chi connectivity index (χ1v) is 6.20. The normalized spacial score (nSPS) is 18.6. The summed E-state index contributed by atoms with van der Waals surface area (Å²) in [5, 5.41) is 0. The van der Waals surface area contributed by atoms with Crippen LogP contribution in [-0.2, 0) is 6.42 Å². The Bertz CT molecular complexity index is 337. The number of amidine groups is 1. The van der Waals surface area contributed by atoms with Gasteiger partial charge >= 0.3 is 0 Å². The molecule has 0 bridgehead atoms. The lowest BCUT2D eigenvalue weighted by atomic mass is 9.96. The molecule has 0 spiro atoms. The molecule has 2 heteroatoms. The molecule has 2 N–H and O–H groups in total. The molecule has 1 aromatic rings. The lowest BCUT2D eigenvalue weighted by Crippen LogP contribution is -2.20. The Morgan fingerprint density at radius 3 is 2.50 bits per heavy atom.